The highest BCUT2D eigenvalue weighted by molar-refractivity contribution is 5.92. The maximum Gasteiger partial charge on any atom is 0.262 e. The minimum atomic E-state index is -0.190. The van der Waals surface area contributed by atoms with E-state index in [0.29, 0.717) is 24.0 Å². The lowest BCUT2D eigenvalue weighted by atomic mass is 10.0. The van der Waals surface area contributed by atoms with Crippen molar-refractivity contribution in [2.45, 2.75) is 26.7 Å². The van der Waals surface area contributed by atoms with Crippen molar-refractivity contribution in [3.05, 3.63) is 54.1 Å². The fourth-order valence-corrected chi connectivity index (χ4v) is 2.29. The first-order chi connectivity index (χ1) is 11.1. The van der Waals surface area contributed by atoms with Gasteiger partial charge in [-0.25, -0.2) is 0 Å². The van der Waals surface area contributed by atoms with Crippen LogP contribution in [-0.2, 0) is 4.79 Å². The fraction of sp³-hybridized carbons (Fsp3) is 0.316. The summed E-state index contributed by atoms with van der Waals surface area (Å²) in [4.78, 5) is 12.2. The second-order valence-corrected chi connectivity index (χ2v) is 5.46. The third-order valence-corrected chi connectivity index (χ3v) is 3.36. The molecule has 2 aromatic carbocycles. The van der Waals surface area contributed by atoms with Crippen LogP contribution in [0.15, 0.2) is 48.5 Å². The summed E-state index contributed by atoms with van der Waals surface area (Å²) >= 11 is 0. The molecule has 0 aliphatic carbocycles. The smallest absolute Gasteiger partial charge is 0.262 e. The van der Waals surface area contributed by atoms with Gasteiger partial charge in [-0.05, 0) is 36.6 Å². The Hall–Kier alpha value is -2.49. The van der Waals surface area contributed by atoms with Crippen molar-refractivity contribution in [3.63, 3.8) is 0 Å². The Morgan fingerprint density at radius 2 is 1.61 bits per heavy atom. The van der Waals surface area contributed by atoms with Gasteiger partial charge in [-0.15, -0.1) is 0 Å². The lowest BCUT2D eigenvalue weighted by Crippen LogP contribution is -2.21. The molecular weight excluding hydrogens is 290 g/mol. The molecule has 0 atom stereocenters. The van der Waals surface area contributed by atoms with E-state index in [4.69, 9.17) is 9.47 Å². The van der Waals surface area contributed by atoms with E-state index in [1.165, 1.54) is 0 Å². The highest BCUT2D eigenvalue weighted by Crippen LogP contribution is 2.27. The topological polar surface area (TPSA) is 47.6 Å². The molecule has 0 aliphatic heterocycles. The first-order valence-electron chi connectivity index (χ1n) is 7.85. The van der Waals surface area contributed by atoms with Crippen molar-refractivity contribution in [3.8, 4) is 11.5 Å². The highest BCUT2D eigenvalue weighted by Gasteiger charge is 2.11. The second-order valence-electron chi connectivity index (χ2n) is 5.46. The lowest BCUT2D eigenvalue weighted by Gasteiger charge is -2.14. The number of rotatable bonds is 7. The molecule has 1 N–H and O–H groups in total. The number of anilines is 1. The van der Waals surface area contributed by atoms with Crippen molar-refractivity contribution < 1.29 is 14.3 Å². The minimum absolute atomic E-state index is 0.0590. The number of amides is 1. The molecule has 23 heavy (non-hydrogen) atoms. The van der Waals surface area contributed by atoms with E-state index in [1.807, 2.05) is 49.4 Å². The van der Waals surface area contributed by atoms with Gasteiger partial charge in [-0.1, -0.05) is 44.2 Å². The predicted octanol–water partition coefficient (Wildman–Crippen LogP) is 4.23. The molecule has 4 nitrogen and oxygen atoms in total. The molecule has 0 aliphatic rings. The summed E-state index contributed by atoms with van der Waals surface area (Å²) in [5.74, 6) is 1.36. The zero-order valence-electron chi connectivity index (χ0n) is 13.8. The standard InChI is InChI=1S/C19H23NO3/c1-4-22-17-11-7-8-12-18(17)23-13-19(21)20-16-10-6-5-9-15(16)14(2)3/h5-12,14H,4,13H2,1-3H3,(H,20,21). The van der Waals surface area contributed by atoms with Gasteiger partial charge in [0, 0.05) is 5.69 Å². The summed E-state index contributed by atoms with van der Waals surface area (Å²) in [5.41, 5.74) is 1.93. The molecule has 2 rings (SSSR count). The van der Waals surface area contributed by atoms with Gasteiger partial charge in [-0.3, -0.25) is 4.79 Å². The number of hydrogen-bond donors (Lipinski definition) is 1. The van der Waals surface area contributed by atoms with E-state index in [-0.39, 0.29) is 12.5 Å². The Labute approximate surface area is 137 Å². The number of para-hydroxylation sites is 3. The van der Waals surface area contributed by atoms with Crippen molar-refractivity contribution in [1.29, 1.82) is 0 Å². The maximum absolute atomic E-state index is 12.2. The summed E-state index contributed by atoms with van der Waals surface area (Å²) < 4.78 is 11.1. The molecule has 2 aromatic rings. The zero-order chi connectivity index (χ0) is 16.7. The van der Waals surface area contributed by atoms with Crippen LogP contribution in [0.2, 0.25) is 0 Å². The first kappa shape index (κ1) is 16.9. The first-order valence-corrected chi connectivity index (χ1v) is 7.85. The molecule has 0 spiro atoms. The van der Waals surface area contributed by atoms with Crippen LogP contribution in [0.5, 0.6) is 11.5 Å². The molecule has 0 heterocycles. The molecule has 0 saturated heterocycles. The van der Waals surface area contributed by atoms with E-state index in [1.54, 1.807) is 6.07 Å². The Morgan fingerprint density at radius 1 is 1.00 bits per heavy atom. The van der Waals surface area contributed by atoms with E-state index in [2.05, 4.69) is 19.2 Å². The van der Waals surface area contributed by atoms with E-state index >= 15 is 0 Å². The number of benzene rings is 2. The number of nitrogens with one attached hydrogen (secondary N) is 1. The summed E-state index contributed by atoms with van der Waals surface area (Å²) in [5, 5.41) is 2.91. The van der Waals surface area contributed by atoms with Gasteiger partial charge in [0.05, 0.1) is 6.61 Å². The van der Waals surface area contributed by atoms with Crippen molar-refractivity contribution in [2.75, 3.05) is 18.5 Å². The van der Waals surface area contributed by atoms with Crippen LogP contribution >= 0.6 is 0 Å². The van der Waals surface area contributed by atoms with Gasteiger partial charge in [-0.2, -0.15) is 0 Å². The molecule has 0 bridgehead atoms. The minimum Gasteiger partial charge on any atom is -0.490 e. The Balaban J connectivity index is 1.99. The van der Waals surface area contributed by atoms with Crippen LogP contribution in [-0.4, -0.2) is 19.1 Å². The Kier molecular flexibility index (Phi) is 6.03. The highest BCUT2D eigenvalue weighted by atomic mass is 16.5. The van der Waals surface area contributed by atoms with Gasteiger partial charge < -0.3 is 14.8 Å². The third kappa shape index (κ3) is 4.74. The van der Waals surface area contributed by atoms with Gasteiger partial charge in [0.2, 0.25) is 0 Å². The normalized spacial score (nSPS) is 10.4. The quantitative estimate of drug-likeness (QED) is 0.832. The van der Waals surface area contributed by atoms with Crippen LogP contribution in [0.3, 0.4) is 0 Å². The van der Waals surface area contributed by atoms with Gasteiger partial charge in [0.25, 0.3) is 5.91 Å². The molecule has 0 saturated carbocycles. The maximum atomic E-state index is 12.2. The van der Waals surface area contributed by atoms with Crippen molar-refractivity contribution in [1.82, 2.24) is 0 Å². The Bertz CT molecular complexity index is 653. The molecular formula is C19H23NO3. The third-order valence-electron chi connectivity index (χ3n) is 3.36. The number of carbonyl (C=O) groups is 1. The van der Waals surface area contributed by atoms with Crippen LogP contribution < -0.4 is 14.8 Å². The number of ether oxygens (including phenoxy) is 2. The van der Waals surface area contributed by atoms with E-state index < -0.39 is 0 Å². The molecule has 122 valence electrons. The molecule has 0 fully saturated rings. The molecule has 0 aromatic heterocycles. The van der Waals surface area contributed by atoms with Crippen LogP contribution in [0, 0.1) is 0 Å². The molecule has 0 unspecified atom stereocenters. The predicted molar refractivity (Wildman–Crippen MR) is 92.3 cm³/mol. The van der Waals surface area contributed by atoms with Crippen LogP contribution in [0.1, 0.15) is 32.3 Å². The number of hydrogen-bond acceptors (Lipinski definition) is 3. The SMILES string of the molecule is CCOc1ccccc1OCC(=O)Nc1ccccc1C(C)C. The monoisotopic (exact) mass is 313 g/mol. The largest absolute Gasteiger partial charge is 0.490 e. The average Bonchev–Trinajstić information content (AvgIpc) is 2.54. The lowest BCUT2D eigenvalue weighted by molar-refractivity contribution is -0.118. The van der Waals surface area contributed by atoms with Crippen molar-refractivity contribution in [2.24, 2.45) is 0 Å². The summed E-state index contributed by atoms with van der Waals surface area (Å²) in [6.07, 6.45) is 0. The van der Waals surface area contributed by atoms with E-state index in [9.17, 15) is 4.79 Å². The van der Waals surface area contributed by atoms with Gasteiger partial charge in [0.15, 0.2) is 18.1 Å². The van der Waals surface area contributed by atoms with Crippen LogP contribution in [0.25, 0.3) is 0 Å². The van der Waals surface area contributed by atoms with Gasteiger partial charge in [0.1, 0.15) is 0 Å². The van der Waals surface area contributed by atoms with Crippen molar-refractivity contribution >= 4 is 11.6 Å². The van der Waals surface area contributed by atoms with E-state index in [0.717, 1.165) is 11.3 Å². The van der Waals surface area contributed by atoms with Crippen LogP contribution in [0.4, 0.5) is 5.69 Å². The summed E-state index contributed by atoms with van der Waals surface area (Å²) in [6.45, 7) is 6.59. The summed E-state index contributed by atoms with van der Waals surface area (Å²) in [7, 11) is 0. The number of carbonyl (C=O) groups excluding carboxylic acids is 1. The van der Waals surface area contributed by atoms with Gasteiger partial charge >= 0.3 is 0 Å². The summed E-state index contributed by atoms with van der Waals surface area (Å²) in [6, 6.07) is 15.1. The fourth-order valence-electron chi connectivity index (χ4n) is 2.29. The molecule has 1 amide bonds. The molecule has 4 heteroatoms. The molecule has 0 radical (unpaired) electrons. The Morgan fingerprint density at radius 3 is 2.26 bits per heavy atom. The average molecular weight is 313 g/mol. The second kappa shape index (κ2) is 8.22. The zero-order valence-corrected chi connectivity index (χ0v) is 13.8.